The SMILES string of the molecule is O=C(CC1OC(=O)c2ccccc21)Nc1cccc(Cn2cnnc2)c1. The van der Waals surface area contributed by atoms with Gasteiger partial charge in [0.05, 0.1) is 18.5 Å². The van der Waals surface area contributed by atoms with Crippen LogP contribution in [0.2, 0.25) is 0 Å². The molecule has 1 aromatic heterocycles. The second-order valence-corrected chi connectivity index (χ2v) is 6.07. The standard InChI is InChI=1S/C19H16N4O3/c24-18(9-17-15-6-1-2-7-16(15)19(25)26-17)22-14-5-3-4-13(8-14)10-23-11-20-21-12-23/h1-8,11-12,17H,9-10H2,(H,22,24). The Morgan fingerprint density at radius 2 is 1.92 bits per heavy atom. The van der Waals surface area contributed by atoms with Crippen molar-refractivity contribution in [2.24, 2.45) is 0 Å². The van der Waals surface area contributed by atoms with Crippen molar-refractivity contribution in [2.45, 2.75) is 19.1 Å². The Morgan fingerprint density at radius 1 is 1.12 bits per heavy atom. The van der Waals surface area contributed by atoms with Crippen molar-refractivity contribution in [2.75, 3.05) is 5.32 Å². The van der Waals surface area contributed by atoms with Gasteiger partial charge in [-0.15, -0.1) is 10.2 Å². The number of aromatic nitrogens is 3. The number of fused-ring (bicyclic) bond motifs is 1. The largest absolute Gasteiger partial charge is 0.453 e. The van der Waals surface area contributed by atoms with Crippen molar-refractivity contribution in [3.8, 4) is 0 Å². The first kappa shape index (κ1) is 16.0. The van der Waals surface area contributed by atoms with Crippen LogP contribution in [0.1, 0.15) is 34.0 Å². The quantitative estimate of drug-likeness (QED) is 0.716. The van der Waals surface area contributed by atoms with Crippen molar-refractivity contribution < 1.29 is 14.3 Å². The molecule has 1 unspecified atom stereocenters. The Labute approximate surface area is 149 Å². The summed E-state index contributed by atoms with van der Waals surface area (Å²) in [5.41, 5.74) is 2.99. The van der Waals surface area contributed by atoms with E-state index in [0.717, 1.165) is 11.1 Å². The molecule has 26 heavy (non-hydrogen) atoms. The number of hydrogen-bond donors (Lipinski definition) is 1. The van der Waals surface area contributed by atoms with Gasteiger partial charge in [-0.3, -0.25) is 4.79 Å². The molecule has 7 nitrogen and oxygen atoms in total. The third-order valence-corrected chi connectivity index (χ3v) is 4.19. The van der Waals surface area contributed by atoms with Gasteiger partial charge >= 0.3 is 5.97 Å². The van der Waals surface area contributed by atoms with Crippen LogP contribution in [-0.4, -0.2) is 26.6 Å². The third kappa shape index (κ3) is 3.32. The van der Waals surface area contributed by atoms with Crippen LogP contribution in [0.3, 0.4) is 0 Å². The molecular weight excluding hydrogens is 332 g/mol. The Balaban J connectivity index is 1.42. The van der Waals surface area contributed by atoms with Crippen LogP contribution in [0, 0.1) is 0 Å². The van der Waals surface area contributed by atoms with Gasteiger partial charge in [0.1, 0.15) is 18.8 Å². The Morgan fingerprint density at radius 3 is 2.77 bits per heavy atom. The van der Waals surface area contributed by atoms with Crippen molar-refractivity contribution in [1.29, 1.82) is 0 Å². The molecule has 1 N–H and O–H groups in total. The van der Waals surface area contributed by atoms with Crippen molar-refractivity contribution >= 4 is 17.6 Å². The fraction of sp³-hybridized carbons (Fsp3) is 0.158. The third-order valence-electron chi connectivity index (χ3n) is 4.19. The topological polar surface area (TPSA) is 86.1 Å². The van der Waals surface area contributed by atoms with E-state index in [1.165, 1.54) is 0 Å². The van der Waals surface area contributed by atoms with E-state index in [2.05, 4.69) is 15.5 Å². The fourth-order valence-corrected chi connectivity index (χ4v) is 3.01. The molecule has 0 spiro atoms. The predicted octanol–water partition coefficient (Wildman–Crippen LogP) is 2.57. The number of benzene rings is 2. The Hall–Kier alpha value is -3.48. The van der Waals surface area contributed by atoms with Gasteiger partial charge in [-0.25, -0.2) is 4.79 Å². The van der Waals surface area contributed by atoms with E-state index in [9.17, 15) is 9.59 Å². The van der Waals surface area contributed by atoms with Crippen LogP contribution < -0.4 is 5.32 Å². The predicted molar refractivity (Wildman–Crippen MR) is 93.4 cm³/mol. The minimum atomic E-state index is -0.543. The molecule has 3 aromatic rings. The molecule has 0 aliphatic carbocycles. The lowest BCUT2D eigenvalue weighted by molar-refractivity contribution is -0.118. The second kappa shape index (κ2) is 6.79. The van der Waals surface area contributed by atoms with Gasteiger partial charge in [0, 0.05) is 11.3 Å². The van der Waals surface area contributed by atoms with Crippen molar-refractivity contribution in [3.63, 3.8) is 0 Å². The fourth-order valence-electron chi connectivity index (χ4n) is 3.01. The minimum absolute atomic E-state index is 0.0818. The summed E-state index contributed by atoms with van der Waals surface area (Å²) in [5, 5.41) is 10.4. The average molecular weight is 348 g/mol. The Kier molecular flexibility index (Phi) is 4.18. The lowest BCUT2D eigenvalue weighted by atomic mass is 10.0. The van der Waals surface area contributed by atoms with Gasteiger partial charge in [0.25, 0.3) is 0 Å². The molecule has 1 aliphatic heterocycles. The molecule has 0 radical (unpaired) electrons. The first-order valence-corrected chi connectivity index (χ1v) is 8.20. The summed E-state index contributed by atoms with van der Waals surface area (Å²) >= 11 is 0. The molecule has 0 saturated carbocycles. The molecule has 1 aliphatic rings. The zero-order valence-electron chi connectivity index (χ0n) is 13.8. The minimum Gasteiger partial charge on any atom is -0.453 e. The van der Waals surface area contributed by atoms with E-state index in [0.29, 0.717) is 17.8 Å². The molecule has 0 saturated heterocycles. The smallest absolute Gasteiger partial charge is 0.339 e. The summed E-state index contributed by atoms with van der Waals surface area (Å²) < 4.78 is 7.16. The number of esters is 1. The monoisotopic (exact) mass is 348 g/mol. The summed E-state index contributed by atoms with van der Waals surface area (Å²) in [6, 6.07) is 14.7. The van der Waals surface area contributed by atoms with E-state index in [1.807, 2.05) is 41.0 Å². The van der Waals surface area contributed by atoms with E-state index >= 15 is 0 Å². The van der Waals surface area contributed by atoms with E-state index in [1.54, 1.807) is 24.8 Å². The van der Waals surface area contributed by atoms with Crippen molar-refractivity contribution in [1.82, 2.24) is 14.8 Å². The number of carbonyl (C=O) groups is 2. The highest BCUT2D eigenvalue weighted by Gasteiger charge is 2.31. The number of nitrogens with zero attached hydrogens (tertiary/aromatic N) is 3. The number of ether oxygens (including phenoxy) is 1. The Bertz CT molecular complexity index is 953. The zero-order valence-corrected chi connectivity index (χ0v) is 13.8. The molecule has 0 fully saturated rings. The van der Waals surface area contributed by atoms with E-state index in [-0.39, 0.29) is 18.3 Å². The highest BCUT2D eigenvalue weighted by molar-refractivity contribution is 5.96. The average Bonchev–Trinajstić information content (AvgIpc) is 3.24. The molecule has 4 rings (SSSR count). The van der Waals surface area contributed by atoms with Crippen LogP contribution in [-0.2, 0) is 16.1 Å². The summed E-state index contributed by atoms with van der Waals surface area (Å²) in [5.74, 6) is -0.588. The number of hydrogen-bond acceptors (Lipinski definition) is 5. The molecule has 1 amide bonds. The van der Waals surface area contributed by atoms with Gasteiger partial charge in [0.15, 0.2) is 0 Å². The first-order valence-electron chi connectivity index (χ1n) is 8.20. The van der Waals surface area contributed by atoms with Gasteiger partial charge in [0.2, 0.25) is 5.91 Å². The summed E-state index contributed by atoms with van der Waals surface area (Å²) in [4.78, 5) is 24.2. The van der Waals surface area contributed by atoms with Crippen molar-refractivity contribution in [3.05, 3.63) is 77.9 Å². The molecule has 7 heteroatoms. The normalized spacial score (nSPS) is 15.4. The number of amides is 1. The summed E-state index contributed by atoms with van der Waals surface area (Å²) in [6.07, 6.45) is 2.81. The van der Waals surface area contributed by atoms with Gasteiger partial charge in [-0.2, -0.15) is 0 Å². The van der Waals surface area contributed by atoms with E-state index < -0.39 is 6.10 Å². The maximum Gasteiger partial charge on any atom is 0.339 e. The highest BCUT2D eigenvalue weighted by atomic mass is 16.5. The molecule has 0 bridgehead atoms. The van der Waals surface area contributed by atoms with Gasteiger partial charge < -0.3 is 14.6 Å². The molecular formula is C19H16N4O3. The second-order valence-electron chi connectivity index (χ2n) is 6.07. The molecule has 2 aromatic carbocycles. The maximum atomic E-state index is 12.4. The number of carbonyl (C=O) groups excluding carboxylic acids is 2. The first-order chi connectivity index (χ1) is 12.7. The van der Waals surface area contributed by atoms with Crippen LogP contribution in [0.4, 0.5) is 5.69 Å². The number of anilines is 1. The number of rotatable bonds is 5. The molecule has 2 heterocycles. The maximum absolute atomic E-state index is 12.4. The lowest BCUT2D eigenvalue weighted by Gasteiger charge is -2.12. The summed E-state index contributed by atoms with van der Waals surface area (Å²) in [6.45, 7) is 0.615. The van der Waals surface area contributed by atoms with Crippen LogP contribution in [0.5, 0.6) is 0 Å². The number of nitrogens with one attached hydrogen (secondary N) is 1. The van der Waals surface area contributed by atoms with Crippen LogP contribution in [0.25, 0.3) is 0 Å². The summed E-state index contributed by atoms with van der Waals surface area (Å²) in [7, 11) is 0. The van der Waals surface area contributed by atoms with Gasteiger partial charge in [-0.1, -0.05) is 30.3 Å². The lowest BCUT2D eigenvalue weighted by Crippen LogP contribution is -2.16. The van der Waals surface area contributed by atoms with E-state index in [4.69, 9.17) is 4.74 Å². The molecule has 1 atom stereocenters. The number of cyclic esters (lactones) is 1. The van der Waals surface area contributed by atoms with Crippen LogP contribution >= 0.6 is 0 Å². The van der Waals surface area contributed by atoms with Gasteiger partial charge in [-0.05, 0) is 23.8 Å². The highest BCUT2D eigenvalue weighted by Crippen LogP contribution is 2.32. The molecule has 130 valence electrons. The zero-order chi connectivity index (χ0) is 17.9. The van der Waals surface area contributed by atoms with Crippen LogP contribution in [0.15, 0.2) is 61.2 Å².